The van der Waals surface area contributed by atoms with E-state index in [4.69, 9.17) is 0 Å². The van der Waals surface area contributed by atoms with Gasteiger partial charge in [-0.3, -0.25) is 29.0 Å². The highest BCUT2D eigenvalue weighted by Crippen LogP contribution is 2.52. The van der Waals surface area contributed by atoms with Crippen molar-refractivity contribution >= 4 is 29.5 Å². The second-order valence-corrected chi connectivity index (χ2v) is 35.8. The fourth-order valence-electron chi connectivity index (χ4n) is 18.5. The number of pyridine rings is 1. The molecule has 1 aromatic heterocycles. The molecule has 4 aromatic carbocycles. The van der Waals surface area contributed by atoms with Crippen LogP contribution >= 0.6 is 0 Å². The van der Waals surface area contributed by atoms with Crippen LogP contribution in [0.3, 0.4) is 0 Å². The first-order chi connectivity index (χ1) is 49.3. The maximum Gasteiger partial charge on any atom is 0.255 e. The van der Waals surface area contributed by atoms with Gasteiger partial charge in [-0.2, -0.15) is 0 Å². The van der Waals surface area contributed by atoms with E-state index in [1.165, 1.54) is 143 Å². The summed E-state index contributed by atoms with van der Waals surface area (Å²) in [6.45, 7) is 38.2. The predicted octanol–water partition coefficient (Wildman–Crippen LogP) is 17.1. The highest BCUT2D eigenvalue weighted by atomic mass is 16.2. The fourth-order valence-corrected chi connectivity index (χ4v) is 18.5. The van der Waals surface area contributed by atoms with Crippen molar-refractivity contribution in [2.45, 2.75) is 245 Å². The topological polar surface area (TPSA) is 142 Å². The molecule has 0 unspecified atom stereocenters. The van der Waals surface area contributed by atoms with Crippen LogP contribution in [0.4, 0.5) is 0 Å². The molecule has 8 aliphatic rings. The van der Waals surface area contributed by atoms with Gasteiger partial charge in [-0.15, -0.1) is 0 Å². The van der Waals surface area contributed by atoms with Crippen molar-refractivity contribution in [3.05, 3.63) is 172 Å². The Kier molecular flexibility index (Phi) is 25.4. The van der Waals surface area contributed by atoms with Crippen molar-refractivity contribution in [3.8, 4) is 0 Å². The van der Waals surface area contributed by atoms with Gasteiger partial charge in [0.25, 0.3) is 11.8 Å². The van der Waals surface area contributed by atoms with Crippen molar-refractivity contribution in [3.63, 3.8) is 0 Å². The molecule has 5 aliphatic heterocycles. The van der Waals surface area contributed by atoms with Crippen molar-refractivity contribution < 1.29 is 26.8 Å². The maximum atomic E-state index is 13.4. The number of piperidine rings is 5. The van der Waals surface area contributed by atoms with Gasteiger partial charge in [-0.1, -0.05) is 153 Å². The van der Waals surface area contributed by atoms with Gasteiger partial charge >= 0.3 is 0 Å². The third kappa shape index (κ3) is 19.3. The van der Waals surface area contributed by atoms with Gasteiger partial charge in [0.15, 0.2) is 0 Å². The van der Waals surface area contributed by atoms with E-state index in [0.29, 0.717) is 54.4 Å². The first kappa shape index (κ1) is 77.4. The summed E-state index contributed by atoms with van der Waals surface area (Å²) in [6, 6.07) is 39.7. The maximum absolute atomic E-state index is 13.4. The minimum atomic E-state index is -0.396. The molecule has 4 atom stereocenters. The summed E-state index contributed by atoms with van der Waals surface area (Å²) in [5.74, 6) is 0.394. The molecule has 2 N–H and O–H groups in total. The van der Waals surface area contributed by atoms with Crippen LogP contribution in [-0.2, 0) is 30.6 Å². The van der Waals surface area contributed by atoms with E-state index >= 15 is 0 Å². The van der Waals surface area contributed by atoms with Gasteiger partial charge in [0.1, 0.15) is 6.04 Å². The highest BCUT2D eigenvalue weighted by molar-refractivity contribution is 5.95. The molecule has 5 fully saturated rings. The third-order valence-electron chi connectivity index (χ3n) is 25.3. The summed E-state index contributed by atoms with van der Waals surface area (Å²) < 4.78 is 0. The second kappa shape index (κ2) is 33.8. The Labute approximate surface area is 622 Å². The number of hydrogen-bond acceptors (Lipinski definition) is 9. The van der Waals surface area contributed by atoms with E-state index in [2.05, 4.69) is 177 Å². The quantitative estimate of drug-likeness (QED) is 0.105. The van der Waals surface area contributed by atoms with Crippen LogP contribution in [0.2, 0.25) is 0 Å². The molecular formula is C89H131N9O5. The lowest BCUT2D eigenvalue weighted by Gasteiger charge is -2.49. The molecule has 0 radical (unpaired) electrons. The van der Waals surface area contributed by atoms with Gasteiger partial charge in [0, 0.05) is 59.3 Å². The predicted molar refractivity (Wildman–Crippen MR) is 421 cm³/mol. The average Bonchev–Trinajstić information content (AvgIpc) is 0.766. The number of nitrogens with one attached hydrogen (secondary N) is 2. The first-order valence-corrected chi connectivity index (χ1v) is 40.2. The number of rotatable bonds is 15. The zero-order chi connectivity index (χ0) is 73.2. The molecule has 14 nitrogen and oxygen atoms in total. The number of aromatic nitrogens is 1. The molecule has 103 heavy (non-hydrogen) atoms. The van der Waals surface area contributed by atoms with Crippen LogP contribution in [0, 0.1) is 22.2 Å². The molecule has 5 saturated heterocycles. The number of amides is 5. The minimum absolute atomic E-state index is 0. The Morgan fingerprint density at radius 1 is 0.515 bits per heavy atom. The lowest BCUT2D eigenvalue weighted by molar-refractivity contribution is -0.142. The number of nitrogens with zero attached hydrogens (tertiary/aromatic N) is 7. The molecule has 3 aliphatic carbocycles. The summed E-state index contributed by atoms with van der Waals surface area (Å²) >= 11 is 0. The van der Waals surface area contributed by atoms with Crippen molar-refractivity contribution in [1.29, 1.82) is 0 Å². The van der Waals surface area contributed by atoms with Crippen molar-refractivity contribution in [2.75, 3.05) is 85.1 Å². The second-order valence-electron chi connectivity index (χ2n) is 35.8. The normalized spacial score (nSPS) is 22.4. The van der Waals surface area contributed by atoms with Gasteiger partial charge in [0.2, 0.25) is 17.7 Å². The standard InChI is InChI=1S/C33H45N3O2.C28H43N3O2.C28H39N3O.2H2/c1-32(2,3)17-22-35-23-18-33(19-24-35)16-13-29(27-11-7-8-12-28(27)33)34-30(37)25-14-20-36(21-15-25)31(38)26-9-5-4-6-10-26;1-21(31-17-8-7-11-25(31)32)26(33)29-24-12-13-28(23-10-6-5-9-22(23)24)15-19-30(20-16-28)18-14-27(2,3)4;1-5-31(26(32)22-9-8-17-29-21-22)25-12-13-28(24-11-7-6-10-23(24)25)15-19-30(20-16-28)18-14-27(2,3)4;;/h4-12,25,29H,13-24H2,1-3H3,(H,34,37);5-6,9-10,21,24H,7-8,11-20H2,1-4H3,(H,29,33);6-11,17,21,25H,5,12-16,18-20H2,1-4H3;2*1H/t29-;21-,24-;25-;;/m111../s1. The van der Waals surface area contributed by atoms with E-state index in [0.717, 1.165) is 76.4 Å². The van der Waals surface area contributed by atoms with Gasteiger partial charge in [-0.05, 0) is 285 Å². The van der Waals surface area contributed by atoms with Crippen molar-refractivity contribution in [1.82, 2.24) is 45.0 Å². The first-order valence-electron chi connectivity index (χ1n) is 40.2. The Balaban J connectivity index is 0.000000182. The molecule has 14 heteroatoms. The molecule has 562 valence electrons. The minimum Gasteiger partial charge on any atom is -0.349 e. The number of fused-ring (bicyclic) bond motifs is 6. The molecule has 13 rings (SSSR count). The van der Waals surface area contributed by atoms with Crippen LogP contribution in [0.25, 0.3) is 0 Å². The van der Waals surface area contributed by atoms with Crippen molar-refractivity contribution in [2.24, 2.45) is 22.2 Å². The molecule has 3 spiro atoms. The van der Waals surface area contributed by atoms with Gasteiger partial charge in [0.05, 0.1) is 23.7 Å². The Bertz CT molecular complexity index is 3630. The smallest absolute Gasteiger partial charge is 0.255 e. The zero-order valence-electron chi connectivity index (χ0n) is 65.0. The van der Waals surface area contributed by atoms with Crippen LogP contribution in [0.1, 0.15) is 280 Å². The van der Waals surface area contributed by atoms with E-state index in [1.54, 1.807) is 17.3 Å². The molecular weight excluding hydrogens is 1280 g/mol. The SMILES string of the molecule is CC(C)(C)CCN1CCC2(CC[C@@H](NC(=O)C3CCN(C(=O)c4ccccc4)CC3)c3ccccc32)CC1.CCN(C(=O)c1cccnc1)[C@@H]1CCC2(CCN(CCC(C)(C)C)CC2)c2ccccc21.C[C@H](C(=O)N[C@@H]1CCC2(CCN(CCC(C)(C)C)CC2)c2ccccc21)N1CCCCC1=O.[HH].[HH]. The van der Waals surface area contributed by atoms with Crippen LogP contribution < -0.4 is 10.6 Å². The Morgan fingerprint density at radius 3 is 1.41 bits per heavy atom. The molecule has 0 bridgehead atoms. The number of likely N-dealkylation sites (tertiary alicyclic amines) is 5. The Hall–Kier alpha value is -6.74. The Morgan fingerprint density at radius 2 is 0.951 bits per heavy atom. The van der Waals surface area contributed by atoms with E-state index in [9.17, 15) is 24.0 Å². The number of benzene rings is 4. The van der Waals surface area contributed by atoms with Gasteiger partial charge < -0.3 is 40.0 Å². The summed E-state index contributed by atoms with van der Waals surface area (Å²) in [7, 11) is 0. The van der Waals surface area contributed by atoms with Crippen LogP contribution in [0.15, 0.2) is 128 Å². The summed E-state index contributed by atoms with van der Waals surface area (Å²) in [5, 5.41) is 6.75. The number of hydrogen-bond donors (Lipinski definition) is 2. The fraction of sp³-hybridized carbons (Fsp3) is 0.618. The van der Waals surface area contributed by atoms with E-state index in [1.807, 2.05) is 54.3 Å². The monoisotopic (exact) mass is 1410 g/mol. The largest absolute Gasteiger partial charge is 0.349 e. The van der Waals surface area contributed by atoms with Crippen LogP contribution in [-0.4, -0.2) is 155 Å². The number of carbonyl (C=O) groups is 5. The lowest BCUT2D eigenvalue weighted by atomic mass is 9.63. The number of carbonyl (C=O) groups excluding carboxylic acids is 5. The molecule has 6 heterocycles. The van der Waals surface area contributed by atoms with Gasteiger partial charge in [-0.25, -0.2) is 0 Å². The average molecular weight is 1410 g/mol. The highest BCUT2D eigenvalue weighted by Gasteiger charge is 2.47. The molecule has 0 saturated carbocycles. The van der Waals surface area contributed by atoms with Crippen LogP contribution in [0.5, 0.6) is 0 Å². The third-order valence-corrected chi connectivity index (χ3v) is 25.3. The lowest BCUT2D eigenvalue weighted by Crippen LogP contribution is -2.51. The molecule has 5 amide bonds. The summed E-state index contributed by atoms with van der Waals surface area (Å²) in [5.41, 5.74) is 11.7. The van der Waals surface area contributed by atoms with E-state index in [-0.39, 0.29) is 72.7 Å². The summed E-state index contributed by atoms with van der Waals surface area (Å²) in [4.78, 5) is 82.8. The summed E-state index contributed by atoms with van der Waals surface area (Å²) in [6.07, 6.45) is 24.8. The molecule has 5 aromatic rings. The van der Waals surface area contributed by atoms with E-state index < -0.39 is 6.04 Å². The zero-order valence-corrected chi connectivity index (χ0v) is 65.0.